The molecule has 0 bridgehead atoms. The van der Waals surface area contributed by atoms with Gasteiger partial charge in [0, 0.05) is 0 Å². The van der Waals surface area contributed by atoms with E-state index in [2.05, 4.69) is 34.6 Å². The highest BCUT2D eigenvalue weighted by molar-refractivity contribution is 7.85. The summed E-state index contributed by atoms with van der Waals surface area (Å²) < 4.78 is 35.9. The van der Waals surface area contributed by atoms with Crippen molar-refractivity contribution in [3.63, 3.8) is 0 Å². The van der Waals surface area contributed by atoms with Gasteiger partial charge in [-0.3, -0.25) is 4.55 Å². The summed E-state index contributed by atoms with van der Waals surface area (Å²) in [4.78, 5) is 0.186. The molecular formula is C39H72O3S. The summed E-state index contributed by atoms with van der Waals surface area (Å²) in [6.45, 7) is 11.0. The first-order chi connectivity index (χ1) is 20.8. The Morgan fingerprint density at radius 3 is 1.19 bits per heavy atom. The fourth-order valence-corrected chi connectivity index (χ4v) is 7.74. The molecule has 1 N–H and O–H groups in total. The third-order valence-electron chi connectivity index (χ3n) is 9.36. The van der Waals surface area contributed by atoms with Crippen molar-refractivity contribution in [1.29, 1.82) is 0 Å². The lowest BCUT2D eigenvalue weighted by molar-refractivity contribution is 0.480. The molecule has 0 atom stereocenters. The highest BCUT2D eigenvalue weighted by atomic mass is 32.2. The van der Waals surface area contributed by atoms with Crippen LogP contribution in [-0.4, -0.2) is 13.0 Å². The van der Waals surface area contributed by atoms with Gasteiger partial charge in [0.05, 0.1) is 4.90 Å². The van der Waals surface area contributed by atoms with Crippen molar-refractivity contribution in [2.45, 2.75) is 219 Å². The van der Waals surface area contributed by atoms with E-state index in [0.717, 1.165) is 37.7 Å². The Morgan fingerprint density at radius 2 is 0.837 bits per heavy atom. The van der Waals surface area contributed by atoms with Crippen LogP contribution >= 0.6 is 0 Å². The minimum Gasteiger partial charge on any atom is -0.282 e. The average molecular weight is 621 g/mol. The van der Waals surface area contributed by atoms with Gasteiger partial charge in [-0.05, 0) is 72.8 Å². The van der Waals surface area contributed by atoms with E-state index in [-0.39, 0.29) is 10.8 Å². The monoisotopic (exact) mass is 621 g/mol. The summed E-state index contributed by atoms with van der Waals surface area (Å²) in [6, 6.07) is 1.88. The first-order valence-corrected chi connectivity index (χ1v) is 20.4. The summed E-state index contributed by atoms with van der Waals surface area (Å²) in [7, 11) is -4.28. The Bertz CT molecular complexity index is 919. The summed E-state index contributed by atoms with van der Waals surface area (Å²) in [5, 5.41) is 0. The molecule has 3 nitrogen and oxygen atoms in total. The van der Waals surface area contributed by atoms with Gasteiger partial charge < -0.3 is 0 Å². The predicted molar refractivity (Wildman–Crippen MR) is 189 cm³/mol. The van der Waals surface area contributed by atoms with E-state index in [4.69, 9.17) is 0 Å². The maximum absolute atomic E-state index is 12.7. The van der Waals surface area contributed by atoms with Gasteiger partial charge in [0.25, 0.3) is 10.1 Å². The van der Waals surface area contributed by atoms with E-state index < -0.39 is 10.1 Å². The molecule has 252 valence electrons. The van der Waals surface area contributed by atoms with Gasteiger partial charge in [0.15, 0.2) is 0 Å². The first-order valence-electron chi connectivity index (χ1n) is 18.9. The predicted octanol–water partition coefficient (Wildman–Crippen LogP) is 13.1. The molecule has 43 heavy (non-hydrogen) atoms. The zero-order chi connectivity index (χ0) is 31.8. The van der Waals surface area contributed by atoms with Crippen LogP contribution in [0.4, 0.5) is 0 Å². The highest BCUT2D eigenvalue weighted by Gasteiger charge is 2.25. The summed E-state index contributed by atoms with van der Waals surface area (Å²) in [5.74, 6) is 0.0652. The molecule has 0 radical (unpaired) electrons. The van der Waals surface area contributed by atoms with Crippen LogP contribution in [0.25, 0.3) is 0 Å². The number of benzene rings is 1. The smallest absolute Gasteiger partial charge is 0.282 e. The quantitative estimate of drug-likeness (QED) is 0.0716. The topological polar surface area (TPSA) is 54.4 Å². The molecule has 1 aromatic carbocycles. The van der Waals surface area contributed by atoms with Crippen molar-refractivity contribution in [2.75, 3.05) is 0 Å². The molecule has 0 fully saturated rings. The van der Waals surface area contributed by atoms with Crippen molar-refractivity contribution >= 4 is 10.1 Å². The van der Waals surface area contributed by atoms with Crippen LogP contribution < -0.4 is 0 Å². The largest absolute Gasteiger partial charge is 0.294 e. The SMILES string of the molecule is CCCCCCCCCCc1cc(S(=O)(=O)O)c(C(C)C)c(CCCCCCCCCC)c1CCCCCCCCCC. The second-order valence-electron chi connectivity index (χ2n) is 13.7. The number of hydrogen-bond acceptors (Lipinski definition) is 2. The lowest BCUT2D eigenvalue weighted by Gasteiger charge is -2.24. The van der Waals surface area contributed by atoms with E-state index >= 15 is 0 Å². The molecule has 0 spiro atoms. The van der Waals surface area contributed by atoms with Crippen LogP contribution in [0.3, 0.4) is 0 Å². The van der Waals surface area contributed by atoms with E-state index in [9.17, 15) is 13.0 Å². The summed E-state index contributed by atoms with van der Waals surface area (Å²) in [5.41, 5.74) is 4.77. The Morgan fingerprint density at radius 1 is 0.512 bits per heavy atom. The second kappa shape index (κ2) is 25.3. The van der Waals surface area contributed by atoms with Crippen LogP contribution in [0.2, 0.25) is 0 Å². The molecule has 1 aromatic rings. The molecule has 0 aliphatic heterocycles. The van der Waals surface area contributed by atoms with Gasteiger partial charge in [-0.25, -0.2) is 0 Å². The van der Waals surface area contributed by atoms with Crippen molar-refractivity contribution in [3.8, 4) is 0 Å². The van der Waals surface area contributed by atoms with Crippen molar-refractivity contribution in [3.05, 3.63) is 28.3 Å². The van der Waals surface area contributed by atoms with Crippen LogP contribution in [0.15, 0.2) is 11.0 Å². The lowest BCUT2D eigenvalue weighted by Crippen LogP contribution is -2.14. The zero-order valence-electron chi connectivity index (χ0n) is 29.4. The van der Waals surface area contributed by atoms with Gasteiger partial charge >= 0.3 is 0 Å². The third kappa shape index (κ3) is 18.0. The standard InChI is InChI=1S/C39H72O3S/c1-6-9-12-15-18-21-24-27-30-35-33-38(43(40,41)42)39(34(4)5)37(32-29-26-23-20-17-14-11-8-3)36(35)31-28-25-22-19-16-13-10-7-2/h33-34H,6-32H2,1-5H3,(H,40,41,42). The van der Waals surface area contributed by atoms with Crippen LogP contribution in [0.5, 0.6) is 0 Å². The number of unbranched alkanes of at least 4 members (excludes halogenated alkanes) is 21. The highest BCUT2D eigenvalue weighted by Crippen LogP contribution is 2.35. The maximum Gasteiger partial charge on any atom is 0.294 e. The average Bonchev–Trinajstić information content (AvgIpc) is 2.96. The maximum atomic E-state index is 12.7. The Hall–Kier alpha value is -0.870. The molecule has 0 unspecified atom stereocenters. The van der Waals surface area contributed by atoms with Gasteiger partial charge in [-0.2, -0.15) is 8.42 Å². The minimum atomic E-state index is -4.28. The Kier molecular flexibility index (Phi) is 23.7. The summed E-state index contributed by atoms with van der Waals surface area (Å²) >= 11 is 0. The molecular weight excluding hydrogens is 548 g/mol. The Balaban J connectivity index is 3.11. The van der Waals surface area contributed by atoms with E-state index in [0.29, 0.717) is 0 Å². The minimum absolute atomic E-state index is 0.0652. The van der Waals surface area contributed by atoms with Crippen LogP contribution in [0.1, 0.15) is 217 Å². The third-order valence-corrected chi connectivity index (χ3v) is 10.3. The molecule has 0 saturated heterocycles. The molecule has 0 aromatic heterocycles. The van der Waals surface area contributed by atoms with Gasteiger partial charge in [-0.1, -0.05) is 169 Å². The molecule has 1 rings (SSSR count). The zero-order valence-corrected chi connectivity index (χ0v) is 30.2. The molecule has 0 amide bonds. The molecule has 0 saturated carbocycles. The number of rotatable bonds is 29. The number of hydrogen-bond donors (Lipinski definition) is 1. The normalized spacial score (nSPS) is 12.1. The van der Waals surface area contributed by atoms with Crippen LogP contribution in [0, 0.1) is 0 Å². The van der Waals surface area contributed by atoms with Gasteiger partial charge in [0.2, 0.25) is 0 Å². The number of aryl methyl sites for hydroxylation is 1. The van der Waals surface area contributed by atoms with E-state index in [1.807, 2.05) is 6.07 Å². The van der Waals surface area contributed by atoms with Crippen molar-refractivity contribution in [2.24, 2.45) is 0 Å². The molecule has 0 heterocycles. The van der Waals surface area contributed by atoms with E-state index in [1.165, 1.54) is 158 Å². The van der Waals surface area contributed by atoms with Crippen molar-refractivity contribution in [1.82, 2.24) is 0 Å². The van der Waals surface area contributed by atoms with Gasteiger partial charge in [0.1, 0.15) is 0 Å². The fraction of sp³-hybridized carbons (Fsp3) is 0.846. The molecule has 0 aliphatic carbocycles. The molecule has 0 aliphatic rings. The second-order valence-corrected chi connectivity index (χ2v) is 15.1. The fourth-order valence-electron chi connectivity index (χ4n) is 6.82. The van der Waals surface area contributed by atoms with Gasteiger partial charge in [-0.15, -0.1) is 0 Å². The lowest BCUT2D eigenvalue weighted by atomic mass is 9.83. The first kappa shape index (κ1) is 40.2. The van der Waals surface area contributed by atoms with Crippen LogP contribution in [-0.2, 0) is 29.4 Å². The summed E-state index contributed by atoms with van der Waals surface area (Å²) in [6.07, 6.45) is 33.6. The van der Waals surface area contributed by atoms with Crippen molar-refractivity contribution < 1.29 is 13.0 Å². The van der Waals surface area contributed by atoms with E-state index in [1.54, 1.807) is 0 Å². The molecule has 4 heteroatoms. The Labute approximate surface area is 269 Å².